The Labute approximate surface area is 102 Å². The molecule has 88 valence electrons. The van der Waals surface area contributed by atoms with E-state index < -0.39 is 0 Å². The first-order valence-corrected chi connectivity index (χ1v) is 5.70. The lowest BCUT2D eigenvalue weighted by Gasteiger charge is -2.09. The fraction of sp³-hybridized carbons (Fsp3) is 0.200. The zero-order valence-electron chi connectivity index (χ0n) is 10.2. The van der Waals surface area contributed by atoms with Crippen molar-refractivity contribution in [3.8, 4) is 5.75 Å². The lowest BCUT2D eigenvalue weighted by atomic mass is 10.1. The summed E-state index contributed by atoms with van der Waals surface area (Å²) >= 11 is 0. The Morgan fingerprint density at radius 1 is 1.00 bits per heavy atom. The fourth-order valence-corrected chi connectivity index (χ4v) is 1.67. The molecule has 0 fully saturated rings. The van der Waals surface area contributed by atoms with Gasteiger partial charge in [-0.25, -0.2) is 0 Å². The highest BCUT2D eigenvalue weighted by Crippen LogP contribution is 2.21. The Bertz CT molecular complexity index is 520. The molecule has 2 rings (SSSR count). The third kappa shape index (κ3) is 2.78. The Kier molecular flexibility index (Phi) is 3.33. The van der Waals surface area contributed by atoms with Crippen molar-refractivity contribution >= 4 is 5.69 Å². The highest BCUT2D eigenvalue weighted by Gasteiger charge is 2.00. The van der Waals surface area contributed by atoms with E-state index in [2.05, 4.69) is 32.0 Å². The van der Waals surface area contributed by atoms with Crippen molar-refractivity contribution in [1.82, 2.24) is 0 Å². The highest BCUT2D eigenvalue weighted by molar-refractivity contribution is 5.51. The molecule has 2 heteroatoms. The predicted molar refractivity (Wildman–Crippen MR) is 71.1 cm³/mol. The molecule has 0 radical (unpaired) electrons. The zero-order chi connectivity index (χ0) is 12.3. The third-order valence-electron chi connectivity index (χ3n) is 2.88. The number of rotatable bonds is 3. The standard InChI is InChI=1S/C15H17NO/c1-11-7-8-13(9-12(11)2)10-17-15-6-4-3-5-14(15)16/h3-9H,10,16H2,1-2H3. The smallest absolute Gasteiger partial charge is 0.142 e. The minimum atomic E-state index is 0.551. The van der Waals surface area contributed by atoms with Gasteiger partial charge >= 0.3 is 0 Å². The second-order valence-electron chi connectivity index (χ2n) is 4.25. The van der Waals surface area contributed by atoms with Crippen molar-refractivity contribution in [1.29, 1.82) is 0 Å². The number of ether oxygens (including phenoxy) is 1. The van der Waals surface area contributed by atoms with Crippen LogP contribution >= 0.6 is 0 Å². The minimum Gasteiger partial charge on any atom is -0.487 e. The summed E-state index contributed by atoms with van der Waals surface area (Å²) in [6.07, 6.45) is 0. The van der Waals surface area contributed by atoms with Gasteiger partial charge in [-0.2, -0.15) is 0 Å². The lowest BCUT2D eigenvalue weighted by molar-refractivity contribution is 0.308. The van der Waals surface area contributed by atoms with Gasteiger partial charge in [0.2, 0.25) is 0 Å². The minimum absolute atomic E-state index is 0.551. The van der Waals surface area contributed by atoms with Crippen LogP contribution < -0.4 is 10.5 Å². The summed E-state index contributed by atoms with van der Waals surface area (Å²) in [5, 5.41) is 0. The summed E-state index contributed by atoms with van der Waals surface area (Å²) in [4.78, 5) is 0. The molecular formula is C15H17NO. The van der Waals surface area contributed by atoms with Gasteiger partial charge in [-0.1, -0.05) is 30.3 Å². The molecule has 17 heavy (non-hydrogen) atoms. The Balaban J connectivity index is 2.08. The summed E-state index contributed by atoms with van der Waals surface area (Å²) < 4.78 is 5.69. The fourth-order valence-electron chi connectivity index (χ4n) is 1.67. The molecule has 0 saturated carbocycles. The number of nitrogen functional groups attached to an aromatic ring is 1. The summed E-state index contributed by atoms with van der Waals surface area (Å²) in [5.74, 6) is 0.741. The topological polar surface area (TPSA) is 35.2 Å². The van der Waals surface area contributed by atoms with E-state index in [-0.39, 0.29) is 0 Å². The number of anilines is 1. The van der Waals surface area contributed by atoms with Crippen LogP contribution in [0.15, 0.2) is 42.5 Å². The average Bonchev–Trinajstić information content (AvgIpc) is 2.32. The predicted octanol–water partition coefficient (Wildman–Crippen LogP) is 3.46. The van der Waals surface area contributed by atoms with E-state index in [0.717, 1.165) is 11.3 Å². The van der Waals surface area contributed by atoms with Crippen molar-refractivity contribution in [2.45, 2.75) is 20.5 Å². The van der Waals surface area contributed by atoms with Gasteiger partial charge in [0.15, 0.2) is 0 Å². The molecule has 2 aromatic rings. The maximum Gasteiger partial charge on any atom is 0.142 e. The van der Waals surface area contributed by atoms with Gasteiger partial charge in [-0.05, 0) is 42.7 Å². The first-order chi connectivity index (χ1) is 8.16. The molecule has 0 aliphatic rings. The summed E-state index contributed by atoms with van der Waals surface area (Å²) in [6, 6.07) is 13.9. The maximum absolute atomic E-state index is 5.81. The van der Waals surface area contributed by atoms with Gasteiger partial charge in [0.25, 0.3) is 0 Å². The van der Waals surface area contributed by atoms with Crippen molar-refractivity contribution in [3.63, 3.8) is 0 Å². The van der Waals surface area contributed by atoms with Crippen LogP contribution in [0.2, 0.25) is 0 Å². The lowest BCUT2D eigenvalue weighted by Crippen LogP contribution is -1.99. The molecule has 0 saturated heterocycles. The monoisotopic (exact) mass is 227 g/mol. The van der Waals surface area contributed by atoms with E-state index in [1.165, 1.54) is 11.1 Å². The molecule has 0 unspecified atom stereocenters. The summed E-state index contributed by atoms with van der Waals surface area (Å²) in [6.45, 7) is 4.76. The van der Waals surface area contributed by atoms with Crippen LogP contribution in [0.1, 0.15) is 16.7 Å². The average molecular weight is 227 g/mol. The number of aryl methyl sites for hydroxylation is 2. The molecule has 0 aliphatic heterocycles. The van der Waals surface area contributed by atoms with Gasteiger partial charge < -0.3 is 10.5 Å². The second kappa shape index (κ2) is 4.91. The molecule has 0 aliphatic carbocycles. The molecule has 0 bridgehead atoms. The Morgan fingerprint density at radius 3 is 2.47 bits per heavy atom. The normalized spacial score (nSPS) is 10.2. The molecule has 0 heterocycles. The van der Waals surface area contributed by atoms with Crippen LogP contribution in [0.5, 0.6) is 5.75 Å². The van der Waals surface area contributed by atoms with Gasteiger partial charge in [-0.15, -0.1) is 0 Å². The van der Waals surface area contributed by atoms with Gasteiger partial charge in [0, 0.05) is 0 Å². The van der Waals surface area contributed by atoms with E-state index in [0.29, 0.717) is 12.3 Å². The number of hydrogen-bond donors (Lipinski definition) is 1. The highest BCUT2D eigenvalue weighted by atomic mass is 16.5. The van der Waals surface area contributed by atoms with E-state index in [1.807, 2.05) is 24.3 Å². The molecule has 0 spiro atoms. The van der Waals surface area contributed by atoms with Crippen LogP contribution in [0.25, 0.3) is 0 Å². The summed E-state index contributed by atoms with van der Waals surface area (Å²) in [7, 11) is 0. The molecule has 2 nitrogen and oxygen atoms in total. The van der Waals surface area contributed by atoms with E-state index in [9.17, 15) is 0 Å². The van der Waals surface area contributed by atoms with E-state index >= 15 is 0 Å². The van der Waals surface area contributed by atoms with E-state index in [1.54, 1.807) is 0 Å². The molecule has 0 aromatic heterocycles. The molecule has 2 N–H and O–H groups in total. The van der Waals surface area contributed by atoms with Crippen LogP contribution in [-0.2, 0) is 6.61 Å². The van der Waals surface area contributed by atoms with Gasteiger partial charge in [-0.3, -0.25) is 0 Å². The Hall–Kier alpha value is -1.96. The van der Waals surface area contributed by atoms with Crippen LogP contribution in [-0.4, -0.2) is 0 Å². The SMILES string of the molecule is Cc1ccc(COc2ccccc2N)cc1C. The largest absolute Gasteiger partial charge is 0.487 e. The van der Waals surface area contributed by atoms with Gasteiger partial charge in [0.1, 0.15) is 12.4 Å². The first kappa shape index (κ1) is 11.5. The number of hydrogen-bond acceptors (Lipinski definition) is 2. The van der Waals surface area contributed by atoms with Crippen LogP contribution in [0.4, 0.5) is 5.69 Å². The molecular weight excluding hydrogens is 210 g/mol. The van der Waals surface area contributed by atoms with E-state index in [4.69, 9.17) is 10.5 Å². The van der Waals surface area contributed by atoms with Crippen LogP contribution in [0.3, 0.4) is 0 Å². The van der Waals surface area contributed by atoms with Crippen molar-refractivity contribution in [2.24, 2.45) is 0 Å². The van der Waals surface area contributed by atoms with Gasteiger partial charge in [0.05, 0.1) is 5.69 Å². The molecule has 0 atom stereocenters. The molecule has 0 amide bonds. The maximum atomic E-state index is 5.81. The third-order valence-corrected chi connectivity index (χ3v) is 2.88. The number of benzene rings is 2. The van der Waals surface area contributed by atoms with Crippen molar-refractivity contribution < 1.29 is 4.74 Å². The first-order valence-electron chi connectivity index (χ1n) is 5.70. The van der Waals surface area contributed by atoms with Crippen LogP contribution in [0, 0.1) is 13.8 Å². The summed E-state index contributed by atoms with van der Waals surface area (Å²) in [5.41, 5.74) is 10.2. The van der Waals surface area contributed by atoms with Crippen molar-refractivity contribution in [2.75, 3.05) is 5.73 Å². The number of para-hydroxylation sites is 2. The quantitative estimate of drug-likeness (QED) is 0.815. The zero-order valence-corrected chi connectivity index (χ0v) is 10.2. The Morgan fingerprint density at radius 2 is 1.76 bits per heavy atom. The number of nitrogens with two attached hydrogens (primary N) is 1. The van der Waals surface area contributed by atoms with Crippen molar-refractivity contribution in [3.05, 3.63) is 59.2 Å². The molecule has 2 aromatic carbocycles. The second-order valence-corrected chi connectivity index (χ2v) is 4.25.